The van der Waals surface area contributed by atoms with Gasteiger partial charge in [-0.15, -0.1) is 0 Å². The Morgan fingerprint density at radius 3 is 2.50 bits per heavy atom. The first kappa shape index (κ1) is 20.2. The summed E-state index contributed by atoms with van der Waals surface area (Å²) >= 11 is 0. The molecule has 150 valence electrons. The van der Waals surface area contributed by atoms with Crippen molar-refractivity contribution in [1.82, 2.24) is 4.98 Å². The zero-order valence-electron chi connectivity index (χ0n) is 16.8. The minimum absolute atomic E-state index is 0.0305. The number of hydrogen-bond donors (Lipinski definition) is 1. The second-order valence-electron chi connectivity index (χ2n) is 7.68. The van der Waals surface area contributed by atoms with Crippen LogP contribution < -0.4 is 10.3 Å². The third kappa shape index (κ3) is 5.03. The molecule has 0 spiro atoms. The molecule has 5 heteroatoms. The Labute approximate surface area is 166 Å². The van der Waals surface area contributed by atoms with Gasteiger partial charge in [-0.3, -0.25) is 4.79 Å². The Balaban J connectivity index is 1.89. The number of hydrogen-bond acceptors (Lipinski definition) is 4. The first-order valence-corrected chi connectivity index (χ1v) is 10.2. The van der Waals surface area contributed by atoms with E-state index in [1.54, 1.807) is 13.0 Å². The number of benzene rings is 1. The predicted molar refractivity (Wildman–Crippen MR) is 109 cm³/mol. The first-order chi connectivity index (χ1) is 13.5. The molecule has 1 aromatic heterocycles. The Bertz CT molecular complexity index is 851. The van der Waals surface area contributed by atoms with Gasteiger partial charge in [0.25, 0.3) is 5.56 Å². The highest BCUT2D eigenvalue weighted by Crippen LogP contribution is 2.33. The molecule has 0 saturated heterocycles. The van der Waals surface area contributed by atoms with Crippen LogP contribution in [0.5, 0.6) is 5.75 Å². The highest BCUT2D eigenvalue weighted by molar-refractivity contribution is 5.92. The monoisotopic (exact) mass is 383 g/mol. The molecule has 0 unspecified atom stereocenters. The van der Waals surface area contributed by atoms with E-state index in [4.69, 9.17) is 9.47 Å². The van der Waals surface area contributed by atoms with Gasteiger partial charge in [0, 0.05) is 11.8 Å². The molecule has 2 aromatic rings. The van der Waals surface area contributed by atoms with Crippen LogP contribution in [0.4, 0.5) is 0 Å². The van der Waals surface area contributed by atoms with E-state index in [0.29, 0.717) is 12.2 Å². The van der Waals surface area contributed by atoms with Crippen molar-refractivity contribution in [2.45, 2.75) is 64.4 Å². The zero-order valence-corrected chi connectivity index (χ0v) is 16.8. The van der Waals surface area contributed by atoms with E-state index in [2.05, 4.69) is 24.0 Å². The fourth-order valence-electron chi connectivity index (χ4n) is 3.79. The first-order valence-electron chi connectivity index (χ1n) is 10.2. The molecule has 1 aliphatic carbocycles. The van der Waals surface area contributed by atoms with Crippen molar-refractivity contribution in [2.24, 2.45) is 0 Å². The summed E-state index contributed by atoms with van der Waals surface area (Å²) in [4.78, 5) is 27.9. The molecule has 0 aliphatic heterocycles. The van der Waals surface area contributed by atoms with E-state index < -0.39 is 11.5 Å². The lowest BCUT2D eigenvalue weighted by molar-refractivity contribution is 0.0406. The van der Waals surface area contributed by atoms with Crippen LogP contribution in [0.3, 0.4) is 0 Å². The molecule has 1 fully saturated rings. The van der Waals surface area contributed by atoms with Crippen LogP contribution in [-0.4, -0.2) is 23.2 Å². The Kier molecular flexibility index (Phi) is 6.55. The van der Waals surface area contributed by atoms with Gasteiger partial charge >= 0.3 is 5.97 Å². The lowest BCUT2D eigenvalue weighted by Crippen LogP contribution is -2.36. The fourth-order valence-corrected chi connectivity index (χ4v) is 3.79. The average Bonchev–Trinajstić information content (AvgIpc) is 2.67. The van der Waals surface area contributed by atoms with Crippen molar-refractivity contribution in [3.05, 3.63) is 63.6 Å². The van der Waals surface area contributed by atoms with Crippen molar-refractivity contribution in [2.75, 3.05) is 6.61 Å². The number of aromatic amines is 1. The normalized spacial score (nSPS) is 15.8. The summed E-state index contributed by atoms with van der Waals surface area (Å²) in [6, 6.07) is 11.9. The third-order valence-electron chi connectivity index (χ3n) is 5.33. The van der Waals surface area contributed by atoms with Crippen LogP contribution in [0.25, 0.3) is 0 Å². The van der Waals surface area contributed by atoms with Crippen molar-refractivity contribution in [3.8, 4) is 5.75 Å². The predicted octanol–water partition coefficient (Wildman–Crippen LogP) is 4.44. The van der Waals surface area contributed by atoms with Crippen LogP contribution in [0.15, 0.2) is 41.2 Å². The zero-order chi connectivity index (χ0) is 20.0. The van der Waals surface area contributed by atoms with Gasteiger partial charge in [0.15, 0.2) is 5.56 Å². The van der Waals surface area contributed by atoms with E-state index in [1.807, 2.05) is 18.2 Å². The molecule has 3 rings (SSSR count). The summed E-state index contributed by atoms with van der Waals surface area (Å²) in [5.74, 6) is -0.289. The highest BCUT2D eigenvalue weighted by Gasteiger charge is 2.31. The molecule has 1 aromatic carbocycles. The van der Waals surface area contributed by atoms with Gasteiger partial charge in [-0.25, -0.2) is 4.79 Å². The van der Waals surface area contributed by atoms with Crippen LogP contribution in [0.2, 0.25) is 0 Å². The molecule has 0 radical (unpaired) electrons. The van der Waals surface area contributed by atoms with E-state index >= 15 is 0 Å². The maximum atomic E-state index is 12.7. The quantitative estimate of drug-likeness (QED) is 0.718. The minimum Gasteiger partial charge on any atom is -0.486 e. The van der Waals surface area contributed by atoms with Crippen LogP contribution in [0, 0.1) is 0 Å². The van der Waals surface area contributed by atoms with E-state index in [9.17, 15) is 9.59 Å². The number of ether oxygens (including phenoxy) is 2. The summed E-state index contributed by atoms with van der Waals surface area (Å²) in [6.07, 6.45) is 6.68. The molecule has 0 bridgehead atoms. The topological polar surface area (TPSA) is 68.4 Å². The second kappa shape index (κ2) is 9.09. The maximum absolute atomic E-state index is 12.7. The van der Waals surface area contributed by atoms with Gasteiger partial charge in [0.1, 0.15) is 11.4 Å². The fraction of sp³-hybridized carbons (Fsp3) is 0.478. The SMILES string of the molecule is CCOC(=O)c1c(OC2(C)CCCCC2)cc(CCc2ccccc2)[nH]c1=O. The lowest BCUT2D eigenvalue weighted by atomic mass is 9.86. The highest BCUT2D eigenvalue weighted by atomic mass is 16.5. The number of carbonyl (C=O) groups is 1. The number of aromatic nitrogens is 1. The van der Waals surface area contributed by atoms with E-state index in [-0.39, 0.29) is 17.8 Å². The molecule has 1 saturated carbocycles. The Morgan fingerprint density at radius 1 is 1.11 bits per heavy atom. The van der Waals surface area contributed by atoms with Crippen molar-refractivity contribution < 1.29 is 14.3 Å². The van der Waals surface area contributed by atoms with Gasteiger partial charge in [-0.1, -0.05) is 36.8 Å². The maximum Gasteiger partial charge on any atom is 0.347 e. The smallest absolute Gasteiger partial charge is 0.347 e. The van der Waals surface area contributed by atoms with Crippen LogP contribution in [0.1, 0.15) is 67.6 Å². The van der Waals surface area contributed by atoms with Crippen LogP contribution >= 0.6 is 0 Å². The molecule has 28 heavy (non-hydrogen) atoms. The van der Waals surface area contributed by atoms with E-state index in [1.165, 1.54) is 12.0 Å². The lowest BCUT2D eigenvalue weighted by Gasteiger charge is -2.34. The number of carbonyl (C=O) groups excluding carboxylic acids is 1. The molecule has 0 atom stereocenters. The van der Waals surface area contributed by atoms with Gasteiger partial charge in [0.05, 0.1) is 6.61 Å². The summed E-state index contributed by atoms with van der Waals surface area (Å²) in [5.41, 5.74) is 1.12. The number of aryl methyl sites for hydroxylation is 2. The standard InChI is InChI=1S/C23H29NO4/c1-3-27-22(26)20-19(28-23(2)14-8-5-9-15-23)16-18(24-21(20)25)13-12-17-10-6-4-7-11-17/h4,6-7,10-11,16H,3,5,8-9,12-15H2,1-2H3,(H,24,25). The van der Waals surface area contributed by atoms with Gasteiger partial charge < -0.3 is 14.5 Å². The van der Waals surface area contributed by atoms with Crippen molar-refractivity contribution in [3.63, 3.8) is 0 Å². The minimum atomic E-state index is -0.632. The van der Waals surface area contributed by atoms with Gasteiger partial charge in [0.2, 0.25) is 0 Å². The molecule has 1 N–H and O–H groups in total. The average molecular weight is 383 g/mol. The largest absolute Gasteiger partial charge is 0.486 e. The van der Waals surface area contributed by atoms with Crippen LogP contribution in [-0.2, 0) is 17.6 Å². The second-order valence-corrected chi connectivity index (χ2v) is 7.68. The number of nitrogens with one attached hydrogen (secondary N) is 1. The summed E-state index contributed by atoms with van der Waals surface area (Å²) in [5, 5.41) is 0. The number of rotatable bonds is 7. The summed E-state index contributed by atoms with van der Waals surface area (Å²) in [7, 11) is 0. The van der Waals surface area contributed by atoms with Gasteiger partial charge in [-0.2, -0.15) is 0 Å². The molecule has 0 amide bonds. The molecule has 1 heterocycles. The number of esters is 1. The van der Waals surface area contributed by atoms with Crippen molar-refractivity contribution in [1.29, 1.82) is 0 Å². The number of H-pyrrole nitrogens is 1. The Hall–Kier alpha value is -2.56. The molecule has 5 nitrogen and oxygen atoms in total. The third-order valence-corrected chi connectivity index (χ3v) is 5.33. The van der Waals surface area contributed by atoms with Gasteiger partial charge in [-0.05, 0) is 57.9 Å². The summed E-state index contributed by atoms with van der Waals surface area (Å²) in [6.45, 7) is 4.00. The molecular formula is C23H29NO4. The molecular weight excluding hydrogens is 354 g/mol. The van der Waals surface area contributed by atoms with E-state index in [0.717, 1.165) is 37.8 Å². The van der Waals surface area contributed by atoms with Crippen molar-refractivity contribution >= 4 is 5.97 Å². The molecule has 1 aliphatic rings. The summed E-state index contributed by atoms with van der Waals surface area (Å²) < 4.78 is 11.4. The number of pyridine rings is 1. The Morgan fingerprint density at radius 2 is 1.82 bits per heavy atom.